The molecule has 0 N–H and O–H groups in total. The van der Waals surface area contributed by atoms with Crippen LogP contribution in [-0.4, -0.2) is 18.4 Å². The van der Waals surface area contributed by atoms with Crippen LogP contribution in [0.5, 0.6) is 5.75 Å². The Morgan fingerprint density at radius 1 is 1.04 bits per heavy atom. The van der Waals surface area contributed by atoms with Crippen LogP contribution in [0.15, 0.2) is 23.3 Å². The Kier molecular flexibility index (Phi) is 8.18. The van der Waals surface area contributed by atoms with Crippen molar-refractivity contribution in [1.29, 1.82) is 0 Å². The van der Waals surface area contributed by atoms with E-state index in [1.165, 1.54) is 31.7 Å². The number of hydrogen-bond acceptors (Lipinski definition) is 3. The molecule has 1 aromatic carbocycles. The SMILES string of the molecule is CCCCCCCCOc1cc(N2C(=O)CC(=C(C)C)C2=O)c(Cl)cc1Cl. The third kappa shape index (κ3) is 5.49. The van der Waals surface area contributed by atoms with E-state index >= 15 is 0 Å². The number of imide groups is 1. The number of hydrogen-bond donors (Lipinski definition) is 0. The van der Waals surface area contributed by atoms with Gasteiger partial charge in [0.05, 0.1) is 28.8 Å². The normalized spacial score (nSPS) is 14.3. The lowest BCUT2D eigenvalue weighted by Gasteiger charge is -2.18. The van der Waals surface area contributed by atoms with Crippen molar-refractivity contribution in [2.24, 2.45) is 0 Å². The number of carbonyl (C=O) groups excluding carboxylic acids is 2. The standard InChI is InChI=1S/C21H27Cl2NO3/c1-4-5-6-7-8-9-10-27-19-13-18(16(22)12-17(19)23)24-20(25)11-15(14(2)3)21(24)26/h12-13H,4-11H2,1-3H3. The molecule has 0 aliphatic carbocycles. The average molecular weight is 412 g/mol. The summed E-state index contributed by atoms with van der Waals surface area (Å²) in [5.41, 5.74) is 1.67. The van der Waals surface area contributed by atoms with Crippen LogP contribution in [0.4, 0.5) is 5.69 Å². The Bertz CT molecular complexity index is 739. The van der Waals surface area contributed by atoms with E-state index in [1.54, 1.807) is 6.07 Å². The zero-order valence-corrected chi connectivity index (χ0v) is 17.8. The Labute approximate surface area is 171 Å². The van der Waals surface area contributed by atoms with Gasteiger partial charge in [-0.1, -0.05) is 67.8 Å². The van der Waals surface area contributed by atoms with Gasteiger partial charge < -0.3 is 4.74 Å². The smallest absolute Gasteiger partial charge is 0.261 e. The van der Waals surface area contributed by atoms with Crippen molar-refractivity contribution in [2.45, 2.75) is 65.7 Å². The molecule has 0 unspecified atom stereocenters. The van der Waals surface area contributed by atoms with Gasteiger partial charge in [-0.05, 0) is 26.3 Å². The molecule has 1 aliphatic heterocycles. The average Bonchev–Trinajstić information content (AvgIpc) is 2.91. The molecule has 6 heteroatoms. The third-order valence-corrected chi connectivity index (χ3v) is 5.24. The van der Waals surface area contributed by atoms with Crippen LogP contribution >= 0.6 is 23.2 Å². The largest absolute Gasteiger partial charge is 0.492 e. The van der Waals surface area contributed by atoms with Gasteiger partial charge in [-0.3, -0.25) is 9.59 Å². The maximum Gasteiger partial charge on any atom is 0.261 e. The molecule has 1 aromatic rings. The van der Waals surface area contributed by atoms with E-state index in [0.29, 0.717) is 28.6 Å². The molecule has 27 heavy (non-hydrogen) atoms. The highest BCUT2D eigenvalue weighted by Gasteiger charge is 2.37. The summed E-state index contributed by atoms with van der Waals surface area (Å²) in [4.78, 5) is 26.1. The highest BCUT2D eigenvalue weighted by Crippen LogP contribution is 2.39. The molecule has 1 fully saturated rings. The molecule has 2 amide bonds. The van der Waals surface area contributed by atoms with Gasteiger partial charge in [0.1, 0.15) is 5.75 Å². The van der Waals surface area contributed by atoms with Crippen molar-refractivity contribution in [3.8, 4) is 5.75 Å². The van der Waals surface area contributed by atoms with Crippen LogP contribution in [0, 0.1) is 0 Å². The number of allylic oxidation sites excluding steroid dienone is 1. The summed E-state index contributed by atoms with van der Waals surface area (Å²) >= 11 is 12.5. The summed E-state index contributed by atoms with van der Waals surface area (Å²) in [6.45, 7) is 6.37. The molecular weight excluding hydrogens is 385 g/mol. The second-order valence-corrected chi connectivity index (χ2v) is 7.85. The fourth-order valence-corrected chi connectivity index (χ4v) is 3.58. The lowest BCUT2D eigenvalue weighted by Crippen LogP contribution is -2.29. The van der Waals surface area contributed by atoms with Gasteiger partial charge in [0.15, 0.2) is 0 Å². The zero-order chi connectivity index (χ0) is 20.0. The van der Waals surface area contributed by atoms with E-state index in [1.807, 2.05) is 13.8 Å². The molecule has 4 nitrogen and oxygen atoms in total. The monoisotopic (exact) mass is 411 g/mol. The number of anilines is 1. The van der Waals surface area contributed by atoms with Gasteiger partial charge in [-0.25, -0.2) is 4.90 Å². The van der Waals surface area contributed by atoms with Gasteiger partial charge in [0.25, 0.3) is 5.91 Å². The van der Waals surface area contributed by atoms with Gasteiger partial charge >= 0.3 is 0 Å². The van der Waals surface area contributed by atoms with E-state index in [2.05, 4.69) is 6.92 Å². The fourth-order valence-electron chi connectivity index (χ4n) is 3.05. The van der Waals surface area contributed by atoms with E-state index in [0.717, 1.165) is 23.3 Å². The molecular formula is C21H27Cl2NO3. The Morgan fingerprint density at radius 3 is 2.33 bits per heavy atom. The third-order valence-electron chi connectivity index (χ3n) is 4.64. The number of unbranched alkanes of at least 4 members (excludes halogenated alkanes) is 5. The fraction of sp³-hybridized carbons (Fsp3) is 0.524. The topological polar surface area (TPSA) is 46.6 Å². The van der Waals surface area contributed by atoms with Crippen molar-refractivity contribution in [3.63, 3.8) is 0 Å². The van der Waals surface area contributed by atoms with Crippen LogP contribution in [-0.2, 0) is 9.59 Å². The number of benzene rings is 1. The van der Waals surface area contributed by atoms with E-state index in [4.69, 9.17) is 27.9 Å². The van der Waals surface area contributed by atoms with Crippen LogP contribution in [0.25, 0.3) is 0 Å². The lowest BCUT2D eigenvalue weighted by molar-refractivity contribution is -0.120. The Balaban J connectivity index is 2.09. The van der Waals surface area contributed by atoms with Crippen molar-refractivity contribution >= 4 is 40.7 Å². The van der Waals surface area contributed by atoms with Crippen LogP contribution < -0.4 is 9.64 Å². The van der Waals surface area contributed by atoms with Crippen molar-refractivity contribution in [2.75, 3.05) is 11.5 Å². The minimum atomic E-state index is -0.328. The molecule has 1 aliphatic rings. The number of rotatable bonds is 9. The van der Waals surface area contributed by atoms with Gasteiger partial charge in [0, 0.05) is 11.6 Å². The summed E-state index contributed by atoms with van der Waals surface area (Å²) in [6, 6.07) is 3.11. The van der Waals surface area contributed by atoms with E-state index in [-0.39, 0.29) is 23.3 Å². The maximum atomic E-state index is 12.6. The predicted molar refractivity (Wildman–Crippen MR) is 111 cm³/mol. The zero-order valence-electron chi connectivity index (χ0n) is 16.2. The number of carbonyl (C=O) groups is 2. The molecule has 2 rings (SSSR count). The summed E-state index contributed by atoms with van der Waals surface area (Å²) in [6.07, 6.45) is 7.05. The Hall–Kier alpha value is -1.52. The quantitative estimate of drug-likeness (QED) is 0.270. The lowest BCUT2D eigenvalue weighted by atomic mass is 10.1. The first-order valence-electron chi connectivity index (χ1n) is 9.52. The minimum Gasteiger partial charge on any atom is -0.492 e. The van der Waals surface area contributed by atoms with Crippen LogP contribution in [0.3, 0.4) is 0 Å². The minimum absolute atomic E-state index is 0.0913. The number of halogens is 2. The molecule has 1 heterocycles. The predicted octanol–water partition coefficient (Wildman–Crippen LogP) is 6.33. The first-order valence-corrected chi connectivity index (χ1v) is 10.3. The van der Waals surface area contributed by atoms with Crippen molar-refractivity contribution in [3.05, 3.63) is 33.3 Å². The number of nitrogens with zero attached hydrogens (tertiary/aromatic N) is 1. The molecule has 0 spiro atoms. The summed E-state index contributed by atoms with van der Waals surface area (Å²) < 4.78 is 5.79. The van der Waals surface area contributed by atoms with Crippen molar-refractivity contribution < 1.29 is 14.3 Å². The molecule has 1 saturated heterocycles. The van der Waals surface area contributed by atoms with Crippen LogP contribution in [0.1, 0.15) is 65.7 Å². The molecule has 0 saturated carbocycles. The van der Waals surface area contributed by atoms with Gasteiger partial charge in [0.2, 0.25) is 5.91 Å². The summed E-state index contributed by atoms with van der Waals surface area (Å²) in [5.74, 6) is -0.177. The summed E-state index contributed by atoms with van der Waals surface area (Å²) in [7, 11) is 0. The highest BCUT2D eigenvalue weighted by atomic mass is 35.5. The second kappa shape index (κ2) is 10.1. The van der Waals surface area contributed by atoms with Crippen LogP contribution in [0.2, 0.25) is 10.0 Å². The summed E-state index contributed by atoms with van der Waals surface area (Å²) in [5, 5.41) is 0.625. The molecule has 0 aromatic heterocycles. The molecule has 0 bridgehead atoms. The first-order chi connectivity index (χ1) is 12.9. The second-order valence-electron chi connectivity index (χ2n) is 7.04. The highest BCUT2D eigenvalue weighted by molar-refractivity contribution is 6.39. The number of amides is 2. The van der Waals surface area contributed by atoms with E-state index in [9.17, 15) is 9.59 Å². The Morgan fingerprint density at radius 2 is 1.70 bits per heavy atom. The maximum absolute atomic E-state index is 12.6. The first kappa shape index (κ1) is 21.8. The van der Waals surface area contributed by atoms with Gasteiger partial charge in [-0.15, -0.1) is 0 Å². The number of ether oxygens (including phenoxy) is 1. The molecule has 0 atom stereocenters. The van der Waals surface area contributed by atoms with E-state index < -0.39 is 0 Å². The van der Waals surface area contributed by atoms with Crippen molar-refractivity contribution in [1.82, 2.24) is 0 Å². The molecule has 148 valence electrons. The van der Waals surface area contributed by atoms with Gasteiger partial charge in [-0.2, -0.15) is 0 Å². The molecule has 0 radical (unpaired) electrons.